The minimum atomic E-state index is 0.0630. The molecule has 0 amide bonds. The van der Waals surface area contributed by atoms with E-state index in [0.717, 1.165) is 18.7 Å². The summed E-state index contributed by atoms with van der Waals surface area (Å²) in [5.41, 5.74) is 3.42. The van der Waals surface area contributed by atoms with E-state index >= 15 is 0 Å². The van der Waals surface area contributed by atoms with Gasteiger partial charge in [-0.3, -0.25) is 0 Å². The van der Waals surface area contributed by atoms with E-state index in [1.54, 1.807) is 13.4 Å². The summed E-state index contributed by atoms with van der Waals surface area (Å²) in [4.78, 5) is 8.48. The fraction of sp³-hybridized carbons (Fsp3) is 0.375. The maximum Gasteiger partial charge on any atom is 0.216 e. The predicted molar refractivity (Wildman–Crippen MR) is 79.9 cm³/mol. The van der Waals surface area contributed by atoms with Crippen LogP contribution in [0.5, 0.6) is 5.88 Å². The number of rotatable bonds is 6. The fourth-order valence-electron chi connectivity index (χ4n) is 2.20. The number of benzene rings is 1. The summed E-state index contributed by atoms with van der Waals surface area (Å²) in [6.45, 7) is 5.21. The molecule has 1 heterocycles. The lowest BCUT2D eigenvalue weighted by molar-refractivity contribution is 0.394. The molecule has 1 aromatic heterocycles. The third-order valence-electron chi connectivity index (χ3n) is 3.27. The highest BCUT2D eigenvalue weighted by Gasteiger charge is 2.17. The van der Waals surface area contributed by atoms with Gasteiger partial charge in [-0.2, -0.15) is 0 Å². The highest BCUT2D eigenvalue weighted by atomic mass is 16.5. The van der Waals surface area contributed by atoms with Gasteiger partial charge in [0.05, 0.1) is 18.8 Å². The van der Waals surface area contributed by atoms with E-state index in [1.807, 2.05) is 6.07 Å². The van der Waals surface area contributed by atoms with E-state index in [9.17, 15) is 0 Å². The molecule has 20 heavy (non-hydrogen) atoms. The zero-order chi connectivity index (χ0) is 14.4. The van der Waals surface area contributed by atoms with E-state index in [-0.39, 0.29) is 6.04 Å². The quantitative estimate of drug-likeness (QED) is 0.877. The van der Waals surface area contributed by atoms with Crippen molar-refractivity contribution >= 4 is 0 Å². The maximum atomic E-state index is 5.20. The first kappa shape index (κ1) is 14.5. The molecular formula is C16H21N3O. The predicted octanol–water partition coefficient (Wildman–Crippen LogP) is 2.88. The van der Waals surface area contributed by atoms with Gasteiger partial charge in [0.25, 0.3) is 0 Å². The fourth-order valence-corrected chi connectivity index (χ4v) is 2.20. The molecule has 0 aliphatic rings. The lowest BCUT2D eigenvalue weighted by Gasteiger charge is -2.20. The molecule has 0 fully saturated rings. The van der Waals surface area contributed by atoms with Gasteiger partial charge in [-0.1, -0.05) is 31.2 Å². The standard InChI is InChI=1S/C16H21N3O/c1-4-9-17-16(13-8-6-5-7-12(13)2)14-10-15(20-3)19-11-18-14/h5-8,10-11,16-17H,4,9H2,1-3H3. The molecule has 0 radical (unpaired) electrons. The molecule has 0 saturated heterocycles. The molecule has 2 aromatic rings. The molecule has 0 aliphatic heterocycles. The van der Waals surface area contributed by atoms with Gasteiger partial charge in [-0.25, -0.2) is 9.97 Å². The molecule has 0 saturated carbocycles. The third kappa shape index (κ3) is 3.33. The van der Waals surface area contributed by atoms with Crippen LogP contribution in [0.2, 0.25) is 0 Å². The first-order valence-electron chi connectivity index (χ1n) is 6.91. The van der Waals surface area contributed by atoms with Crippen LogP contribution < -0.4 is 10.1 Å². The Hall–Kier alpha value is -1.94. The van der Waals surface area contributed by atoms with Gasteiger partial charge in [0.1, 0.15) is 6.33 Å². The molecule has 106 valence electrons. The second kappa shape index (κ2) is 7.01. The van der Waals surface area contributed by atoms with Crippen LogP contribution in [0.4, 0.5) is 0 Å². The number of aryl methyl sites for hydroxylation is 1. The molecule has 1 aromatic carbocycles. The number of nitrogens with zero attached hydrogens (tertiary/aromatic N) is 2. The number of ether oxygens (including phenoxy) is 1. The monoisotopic (exact) mass is 271 g/mol. The van der Waals surface area contributed by atoms with Crippen molar-refractivity contribution < 1.29 is 4.74 Å². The van der Waals surface area contributed by atoms with E-state index in [2.05, 4.69) is 53.4 Å². The Balaban J connectivity index is 2.38. The van der Waals surface area contributed by atoms with Crippen LogP contribution in [0.15, 0.2) is 36.7 Å². The average Bonchev–Trinajstić information content (AvgIpc) is 2.49. The number of hydrogen-bond donors (Lipinski definition) is 1. The number of aromatic nitrogens is 2. The zero-order valence-electron chi connectivity index (χ0n) is 12.3. The van der Waals surface area contributed by atoms with Gasteiger partial charge in [-0.05, 0) is 31.0 Å². The Bertz CT molecular complexity index is 557. The summed E-state index contributed by atoms with van der Waals surface area (Å²) in [5.74, 6) is 0.590. The zero-order valence-corrected chi connectivity index (χ0v) is 12.3. The summed E-state index contributed by atoms with van der Waals surface area (Å²) in [6.07, 6.45) is 2.62. The first-order chi connectivity index (χ1) is 9.76. The van der Waals surface area contributed by atoms with Crippen molar-refractivity contribution in [3.05, 3.63) is 53.5 Å². The molecule has 1 unspecified atom stereocenters. The SMILES string of the molecule is CCCNC(c1cc(OC)ncn1)c1ccccc1C. The van der Waals surface area contributed by atoms with E-state index in [4.69, 9.17) is 4.74 Å². The van der Waals surface area contributed by atoms with Crippen molar-refractivity contribution in [2.24, 2.45) is 0 Å². The highest BCUT2D eigenvalue weighted by molar-refractivity contribution is 5.35. The smallest absolute Gasteiger partial charge is 0.216 e. The molecule has 2 rings (SSSR count). The van der Waals surface area contributed by atoms with Crippen LogP contribution in [-0.2, 0) is 0 Å². The number of hydrogen-bond acceptors (Lipinski definition) is 4. The number of nitrogens with one attached hydrogen (secondary N) is 1. The Labute approximate surface area is 120 Å². The van der Waals surface area contributed by atoms with Crippen LogP contribution in [0.3, 0.4) is 0 Å². The molecule has 4 heteroatoms. The van der Waals surface area contributed by atoms with Crippen LogP contribution in [0, 0.1) is 6.92 Å². The second-order valence-corrected chi connectivity index (χ2v) is 4.73. The van der Waals surface area contributed by atoms with Crippen LogP contribution in [0.25, 0.3) is 0 Å². The Morgan fingerprint density at radius 3 is 2.75 bits per heavy atom. The molecule has 0 bridgehead atoms. The topological polar surface area (TPSA) is 47.0 Å². The lowest BCUT2D eigenvalue weighted by atomic mass is 9.98. The second-order valence-electron chi connectivity index (χ2n) is 4.73. The summed E-state index contributed by atoms with van der Waals surface area (Å²) in [5, 5.41) is 3.55. The Morgan fingerprint density at radius 2 is 2.05 bits per heavy atom. The first-order valence-corrected chi connectivity index (χ1v) is 6.91. The molecule has 0 aliphatic carbocycles. The van der Waals surface area contributed by atoms with Crippen molar-refractivity contribution in [3.8, 4) is 5.88 Å². The molecule has 1 atom stereocenters. The van der Waals surface area contributed by atoms with Crippen molar-refractivity contribution in [2.45, 2.75) is 26.3 Å². The summed E-state index contributed by atoms with van der Waals surface area (Å²) >= 11 is 0. The molecule has 4 nitrogen and oxygen atoms in total. The highest BCUT2D eigenvalue weighted by Crippen LogP contribution is 2.24. The largest absolute Gasteiger partial charge is 0.481 e. The molecule has 1 N–H and O–H groups in total. The molecule has 0 spiro atoms. The minimum absolute atomic E-state index is 0.0630. The van der Waals surface area contributed by atoms with Crippen molar-refractivity contribution in [1.29, 1.82) is 0 Å². The van der Waals surface area contributed by atoms with Crippen LogP contribution in [0.1, 0.15) is 36.2 Å². The Morgan fingerprint density at radius 1 is 1.25 bits per heavy atom. The van der Waals surface area contributed by atoms with E-state index in [1.165, 1.54) is 11.1 Å². The number of methoxy groups -OCH3 is 1. The van der Waals surface area contributed by atoms with Gasteiger partial charge in [0.2, 0.25) is 5.88 Å². The van der Waals surface area contributed by atoms with Crippen molar-refractivity contribution in [1.82, 2.24) is 15.3 Å². The van der Waals surface area contributed by atoms with Gasteiger partial charge >= 0.3 is 0 Å². The lowest BCUT2D eigenvalue weighted by Crippen LogP contribution is -2.25. The summed E-state index contributed by atoms with van der Waals surface area (Å²) in [6, 6.07) is 10.3. The van der Waals surface area contributed by atoms with E-state index < -0.39 is 0 Å². The van der Waals surface area contributed by atoms with Gasteiger partial charge in [0, 0.05) is 6.07 Å². The van der Waals surface area contributed by atoms with Gasteiger partial charge in [0.15, 0.2) is 0 Å². The van der Waals surface area contributed by atoms with Crippen molar-refractivity contribution in [2.75, 3.05) is 13.7 Å². The normalized spacial score (nSPS) is 12.2. The third-order valence-corrected chi connectivity index (χ3v) is 3.27. The van der Waals surface area contributed by atoms with Gasteiger partial charge in [-0.15, -0.1) is 0 Å². The Kier molecular flexibility index (Phi) is 5.07. The van der Waals surface area contributed by atoms with E-state index in [0.29, 0.717) is 5.88 Å². The minimum Gasteiger partial charge on any atom is -0.481 e. The summed E-state index contributed by atoms with van der Waals surface area (Å²) in [7, 11) is 1.62. The van der Waals surface area contributed by atoms with Crippen LogP contribution >= 0.6 is 0 Å². The molecular weight excluding hydrogens is 250 g/mol. The maximum absolute atomic E-state index is 5.20. The van der Waals surface area contributed by atoms with Crippen LogP contribution in [-0.4, -0.2) is 23.6 Å². The van der Waals surface area contributed by atoms with Gasteiger partial charge < -0.3 is 10.1 Å². The van der Waals surface area contributed by atoms with Crippen molar-refractivity contribution in [3.63, 3.8) is 0 Å². The summed E-state index contributed by atoms with van der Waals surface area (Å²) < 4.78 is 5.20. The average molecular weight is 271 g/mol.